The summed E-state index contributed by atoms with van der Waals surface area (Å²) in [5.74, 6) is 1.16. The topological polar surface area (TPSA) is 79.4 Å². The van der Waals surface area contributed by atoms with E-state index in [1.807, 2.05) is 24.3 Å². The van der Waals surface area contributed by atoms with E-state index >= 15 is 0 Å². The van der Waals surface area contributed by atoms with E-state index in [0.717, 1.165) is 40.8 Å². The Morgan fingerprint density at radius 1 is 1.28 bits per heavy atom. The lowest BCUT2D eigenvalue weighted by atomic mass is 9.97. The van der Waals surface area contributed by atoms with Crippen LogP contribution in [0.4, 0.5) is 5.95 Å². The molecule has 128 valence electrons. The quantitative estimate of drug-likeness (QED) is 0.556. The number of thiophene rings is 1. The van der Waals surface area contributed by atoms with E-state index in [2.05, 4.69) is 20.5 Å². The van der Waals surface area contributed by atoms with Crippen LogP contribution in [0.25, 0.3) is 10.2 Å². The van der Waals surface area contributed by atoms with Crippen molar-refractivity contribution >= 4 is 33.7 Å². The summed E-state index contributed by atoms with van der Waals surface area (Å²) >= 11 is 1.63. The Kier molecular flexibility index (Phi) is 4.23. The highest BCUT2D eigenvalue weighted by molar-refractivity contribution is 7.18. The first-order valence-electron chi connectivity index (χ1n) is 8.22. The lowest BCUT2D eigenvalue weighted by Crippen LogP contribution is -2.12. The van der Waals surface area contributed by atoms with Gasteiger partial charge in [-0.15, -0.1) is 11.3 Å². The van der Waals surface area contributed by atoms with E-state index in [1.54, 1.807) is 24.7 Å². The Morgan fingerprint density at radius 3 is 2.88 bits per heavy atom. The molecule has 25 heavy (non-hydrogen) atoms. The average molecular weight is 354 g/mol. The molecule has 0 saturated heterocycles. The van der Waals surface area contributed by atoms with Crippen LogP contribution in [0.1, 0.15) is 28.8 Å². The molecule has 2 N–H and O–H groups in total. The number of hydrazone groups is 1. The van der Waals surface area contributed by atoms with Crippen molar-refractivity contribution in [3.8, 4) is 5.75 Å². The van der Waals surface area contributed by atoms with E-state index in [4.69, 9.17) is 4.74 Å². The molecule has 1 aromatic carbocycles. The molecule has 0 atom stereocenters. The molecule has 0 amide bonds. The second-order valence-electron chi connectivity index (χ2n) is 5.95. The lowest BCUT2D eigenvalue weighted by molar-refractivity contribution is 0.415. The van der Waals surface area contributed by atoms with Crippen LogP contribution in [0.5, 0.6) is 5.75 Å². The summed E-state index contributed by atoms with van der Waals surface area (Å²) in [4.78, 5) is 21.8. The van der Waals surface area contributed by atoms with Crippen molar-refractivity contribution in [1.29, 1.82) is 0 Å². The van der Waals surface area contributed by atoms with Gasteiger partial charge in [-0.2, -0.15) is 5.10 Å². The van der Waals surface area contributed by atoms with Crippen molar-refractivity contribution in [2.45, 2.75) is 25.7 Å². The van der Waals surface area contributed by atoms with Gasteiger partial charge in [0, 0.05) is 4.88 Å². The van der Waals surface area contributed by atoms with Gasteiger partial charge < -0.3 is 4.74 Å². The monoisotopic (exact) mass is 354 g/mol. The second kappa shape index (κ2) is 6.68. The Bertz CT molecular complexity index is 989. The number of H-pyrrole nitrogens is 1. The molecule has 0 saturated carbocycles. The molecular weight excluding hydrogens is 336 g/mol. The van der Waals surface area contributed by atoms with Crippen LogP contribution < -0.4 is 15.7 Å². The standard InChI is InChI=1S/C18H18N4O2S/c1-24-12-8-6-11(7-9-12)10-19-22-18-20-16(23)15-13-4-2-3-5-14(13)25-17(15)21-18/h6-10H,2-5H2,1H3,(H2,20,21,22,23). The molecule has 0 spiro atoms. The fourth-order valence-corrected chi connectivity index (χ4v) is 4.34. The first-order chi connectivity index (χ1) is 12.2. The van der Waals surface area contributed by atoms with E-state index in [-0.39, 0.29) is 5.56 Å². The SMILES string of the molecule is COc1ccc(C=NNc2nc3sc4c(c3c(=O)[nH]2)CCCC4)cc1. The number of rotatable bonds is 4. The summed E-state index contributed by atoms with van der Waals surface area (Å²) < 4.78 is 5.12. The number of aromatic amines is 1. The molecule has 1 aliphatic rings. The number of methoxy groups -OCH3 is 1. The number of anilines is 1. The van der Waals surface area contributed by atoms with Gasteiger partial charge in [-0.3, -0.25) is 9.78 Å². The normalized spacial score (nSPS) is 14.0. The Balaban J connectivity index is 1.57. The smallest absolute Gasteiger partial charge is 0.261 e. The molecule has 3 aromatic rings. The van der Waals surface area contributed by atoms with Crippen LogP contribution in [0.15, 0.2) is 34.2 Å². The number of benzene rings is 1. The van der Waals surface area contributed by atoms with Gasteiger partial charge in [0.15, 0.2) is 0 Å². The van der Waals surface area contributed by atoms with Crippen molar-refractivity contribution in [2.75, 3.05) is 12.5 Å². The van der Waals surface area contributed by atoms with Crippen LogP contribution in [0.2, 0.25) is 0 Å². The van der Waals surface area contributed by atoms with Crippen molar-refractivity contribution in [3.05, 3.63) is 50.6 Å². The zero-order chi connectivity index (χ0) is 17.2. The minimum absolute atomic E-state index is 0.0912. The average Bonchev–Trinajstić information content (AvgIpc) is 3.01. The maximum absolute atomic E-state index is 12.4. The molecule has 1 aliphatic carbocycles. The molecule has 7 heteroatoms. The maximum Gasteiger partial charge on any atom is 0.261 e. The molecule has 4 rings (SSSR count). The lowest BCUT2D eigenvalue weighted by Gasteiger charge is -2.09. The summed E-state index contributed by atoms with van der Waals surface area (Å²) in [5, 5.41) is 4.91. The van der Waals surface area contributed by atoms with Crippen LogP contribution in [-0.2, 0) is 12.8 Å². The van der Waals surface area contributed by atoms with Gasteiger partial charge in [0.2, 0.25) is 5.95 Å². The molecule has 0 fully saturated rings. The number of ether oxygens (including phenoxy) is 1. The van der Waals surface area contributed by atoms with Gasteiger partial charge in [0.1, 0.15) is 10.6 Å². The largest absolute Gasteiger partial charge is 0.497 e. The number of hydrogen-bond donors (Lipinski definition) is 2. The molecule has 0 aliphatic heterocycles. The van der Waals surface area contributed by atoms with Gasteiger partial charge in [0.25, 0.3) is 5.56 Å². The van der Waals surface area contributed by atoms with E-state index in [9.17, 15) is 4.79 Å². The highest BCUT2D eigenvalue weighted by Crippen LogP contribution is 2.33. The number of aromatic nitrogens is 2. The zero-order valence-electron chi connectivity index (χ0n) is 13.8. The third-order valence-corrected chi connectivity index (χ3v) is 5.51. The van der Waals surface area contributed by atoms with Crippen LogP contribution >= 0.6 is 11.3 Å². The number of nitrogens with zero attached hydrogens (tertiary/aromatic N) is 2. The number of aryl methyl sites for hydroxylation is 2. The molecule has 0 bridgehead atoms. The van der Waals surface area contributed by atoms with E-state index in [0.29, 0.717) is 5.95 Å². The van der Waals surface area contributed by atoms with Gasteiger partial charge >= 0.3 is 0 Å². The minimum Gasteiger partial charge on any atom is -0.497 e. The summed E-state index contributed by atoms with van der Waals surface area (Å²) in [6, 6.07) is 7.53. The summed E-state index contributed by atoms with van der Waals surface area (Å²) in [5.41, 5.74) is 4.83. The van der Waals surface area contributed by atoms with Crippen molar-refractivity contribution in [3.63, 3.8) is 0 Å². The highest BCUT2D eigenvalue weighted by Gasteiger charge is 2.19. The molecule has 0 radical (unpaired) electrons. The van der Waals surface area contributed by atoms with Gasteiger partial charge in [-0.25, -0.2) is 10.4 Å². The summed E-state index contributed by atoms with van der Waals surface area (Å²) in [7, 11) is 1.63. The zero-order valence-corrected chi connectivity index (χ0v) is 14.7. The van der Waals surface area contributed by atoms with Crippen LogP contribution in [0, 0.1) is 0 Å². The number of nitrogens with one attached hydrogen (secondary N) is 2. The Hall–Kier alpha value is -2.67. The van der Waals surface area contributed by atoms with Gasteiger partial charge in [0.05, 0.1) is 18.7 Å². The third-order valence-electron chi connectivity index (χ3n) is 4.32. The first-order valence-corrected chi connectivity index (χ1v) is 9.04. The minimum atomic E-state index is -0.0912. The maximum atomic E-state index is 12.4. The number of fused-ring (bicyclic) bond motifs is 3. The number of hydrogen-bond acceptors (Lipinski definition) is 6. The Labute approximate surface area is 148 Å². The van der Waals surface area contributed by atoms with Gasteiger partial charge in [-0.1, -0.05) is 0 Å². The molecule has 2 aromatic heterocycles. The van der Waals surface area contributed by atoms with E-state index in [1.165, 1.54) is 16.9 Å². The van der Waals surface area contributed by atoms with Crippen molar-refractivity contribution in [2.24, 2.45) is 5.10 Å². The van der Waals surface area contributed by atoms with Gasteiger partial charge in [-0.05, 0) is 61.1 Å². The molecule has 0 unspecified atom stereocenters. The fourth-order valence-electron chi connectivity index (χ4n) is 3.07. The fraction of sp³-hybridized carbons (Fsp3) is 0.278. The van der Waals surface area contributed by atoms with Crippen molar-refractivity contribution in [1.82, 2.24) is 9.97 Å². The summed E-state index contributed by atoms with van der Waals surface area (Å²) in [6.45, 7) is 0. The molecule has 2 heterocycles. The van der Waals surface area contributed by atoms with E-state index < -0.39 is 0 Å². The first kappa shape index (κ1) is 15.8. The van der Waals surface area contributed by atoms with Crippen LogP contribution in [-0.4, -0.2) is 23.3 Å². The summed E-state index contributed by atoms with van der Waals surface area (Å²) in [6.07, 6.45) is 6.03. The van der Waals surface area contributed by atoms with Crippen LogP contribution in [0.3, 0.4) is 0 Å². The predicted molar refractivity (Wildman–Crippen MR) is 101 cm³/mol. The second-order valence-corrected chi connectivity index (χ2v) is 7.03. The van der Waals surface area contributed by atoms with Crippen molar-refractivity contribution < 1.29 is 4.74 Å². The Morgan fingerprint density at radius 2 is 2.08 bits per heavy atom. The third kappa shape index (κ3) is 3.15. The molecular formula is C18H18N4O2S. The molecule has 6 nitrogen and oxygen atoms in total. The predicted octanol–water partition coefficient (Wildman–Crippen LogP) is 3.32. The highest BCUT2D eigenvalue weighted by atomic mass is 32.1.